The molecular weight excluding hydrogens is 173 g/mol. The second kappa shape index (κ2) is 4.88. The molecule has 3 nitrogen and oxygen atoms in total. The highest BCUT2D eigenvalue weighted by Crippen LogP contribution is 2.18. The summed E-state index contributed by atoms with van der Waals surface area (Å²) in [4.78, 5) is 0. The number of ether oxygens (including phenoxy) is 2. The fourth-order valence-corrected chi connectivity index (χ4v) is 1.62. The van der Waals surface area contributed by atoms with E-state index in [-0.39, 0.29) is 12.6 Å². The zero-order chi connectivity index (χ0) is 9.73. The van der Waals surface area contributed by atoms with E-state index in [4.69, 9.17) is 9.47 Å². The molecule has 0 bridgehead atoms. The van der Waals surface area contributed by atoms with Gasteiger partial charge in [-0.05, 0) is 6.92 Å². The van der Waals surface area contributed by atoms with Crippen LogP contribution in [-0.2, 0) is 9.47 Å². The lowest BCUT2D eigenvalue weighted by atomic mass is 9.99. The van der Waals surface area contributed by atoms with Crippen LogP contribution in [0.15, 0.2) is 0 Å². The zero-order valence-corrected chi connectivity index (χ0v) is 8.31. The summed E-state index contributed by atoms with van der Waals surface area (Å²) in [6, 6.07) is 0.124. The number of alkyl halides is 1. The Bertz CT molecular complexity index is 147. The summed E-state index contributed by atoms with van der Waals surface area (Å²) in [5.41, 5.74) is -1.26. The summed E-state index contributed by atoms with van der Waals surface area (Å²) < 4.78 is 23.7. The average Bonchev–Trinajstić information content (AvgIpc) is 2.04. The minimum Gasteiger partial charge on any atom is -0.381 e. The van der Waals surface area contributed by atoms with Gasteiger partial charge in [-0.3, -0.25) is 0 Å². The van der Waals surface area contributed by atoms with Gasteiger partial charge in [0.2, 0.25) is 0 Å². The predicted molar refractivity (Wildman–Crippen MR) is 48.6 cm³/mol. The van der Waals surface area contributed by atoms with Gasteiger partial charge in [-0.2, -0.15) is 0 Å². The number of hydrogen-bond acceptors (Lipinski definition) is 3. The molecule has 1 aliphatic rings. The van der Waals surface area contributed by atoms with Crippen molar-refractivity contribution < 1.29 is 13.9 Å². The Balaban J connectivity index is 2.28. The zero-order valence-electron chi connectivity index (χ0n) is 8.31. The van der Waals surface area contributed by atoms with E-state index < -0.39 is 5.67 Å². The molecule has 2 atom stereocenters. The second-order valence-electron chi connectivity index (χ2n) is 3.78. The van der Waals surface area contributed by atoms with Gasteiger partial charge in [-0.1, -0.05) is 0 Å². The molecule has 78 valence electrons. The molecule has 0 amide bonds. The molecule has 1 heterocycles. The lowest BCUT2D eigenvalue weighted by Gasteiger charge is -2.29. The number of halogens is 1. The van der Waals surface area contributed by atoms with E-state index in [9.17, 15) is 4.39 Å². The van der Waals surface area contributed by atoms with Crippen molar-refractivity contribution in [3.63, 3.8) is 0 Å². The third-order valence-electron chi connectivity index (χ3n) is 2.12. The molecule has 13 heavy (non-hydrogen) atoms. The molecule has 1 N–H and O–H groups in total. The number of hydrogen-bond donors (Lipinski definition) is 1. The second-order valence-corrected chi connectivity index (χ2v) is 3.78. The first-order valence-electron chi connectivity index (χ1n) is 4.63. The first kappa shape index (κ1) is 10.9. The molecule has 0 aromatic heterocycles. The summed E-state index contributed by atoms with van der Waals surface area (Å²) in [6.07, 6.45) is 0.445. The third-order valence-corrected chi connectivity index (χ3v) is 2.12. The molecule has 1 saturated heterocycles. The van der Waals surface area contributed by atoms with Crippen LogP contribution >= 0.6 is 0 Å². The summed E-state index contributed by atoms with van der Waals surface area (Å²) in [5.74, 6) is 0. The van der Waals surface area contributed by atoms with Crippen LogP contribution < -0.4 is 5.32 Å². The van der Waals surface area contributed by atoms with Gasteiger partial charge >= 0.3 is 0 Å². The van der Waals surface area contributed by atoms with Crippen molar-refractivity contribution in [2.24, 2.45) is 0 Å². The van der Waals surface area contributed by atoms with E-state index in [1.165, 1.54) is 7.11 Å². The molecule has 0 saturated carbocycles. The molecule has 1 rings (SSSR count). The van der Waals surface area contributed by atoms with Crippen LogP contribution in [0.1, 0.15) is 13.3 Å². The van der Waals surface area contributed by atoms with Gasteiger partial charge in [-0.25, -0.2) is 4.39 Å². The Morgan fingerprint density at radius 2 is 2.46 bits per heavy atom. The first-order chi connectivity index (χ1) is 6.14. The van der Waals surface area contributed by atoms with Gasteiger partial charge in [0, 0.05) is 26.1 Å². The summed E-state index contributed by atoms with van der Waals surface area (Å²) >= 11 is 0. The number of nitrogens with one attached hydrogen (secondary N) is 1. The van der Waals surface area contributed by atoms with Gasteiger partial charge in [0.1, 0.15) is 5.67 Å². The van der Waals surface area contributed by atoms with Crippen LogP contribution in [0.5, 0.6) is 0 Å². The van der Waals surface area contributed by atoms with Crippen molar-refractivity contribution in [2.75, 3.05) is 33.5 Å². The van der Waals surface area contributed by atoms with Gasteiger partial charge in [0.15, 0.2) is 0 Å². The Kier molecular flexibility index (Phi) is 4.09. The van der Waals surface area contributed by atoms with Gasteiger partial charge in [-0.15, -0.1) is 0 Å². The number of morpholine rings is 1. The highest BCUT2D eigenvalue weighted by atomic mass is 19.1. The van der Waals surface area contributed by atoms with Crippen molar-refractivity contribution >= 4 is 0 Å². The van der Waals surface area contributed by atoms with Crippen LogP contribution in [0.3, 0.4) is 0 Å². The van der Waals surface area contributed by atoms with Crippen molar-refractivity contribution in [3.05, 3.63) is 0 Å². The SMILES string of the molecule is COCC(C)(F)CC1COCCN1. The molecule has 0 aromatic carbocycles. The quantitative estimate of drug-likeness (QED) is 0.711. The molecule has 1 fully saturated rings. The maximum Gasteiger partial charge on any atom is 0.133 e. The van der Waals surface area contributed by atoms with E-state index in [0.717, 1.165) is 13.2 Å². The molecular formula is C9H18FNO2. The Labute approximate surface area is 78.6 Å². The lowest BCUT2D eigenvalue weighted by Crippen LogP contribution is -2.45. The summed E-state index contributed by atoms with van der Waals surface area (Å²) in [7, 11) is 1.52. The minimum absolute atomic E-state index is 0.124. The molecule has 0 spiro atoms. The molecule has 4 heteroatoms. The van der Waals surface area contributed by atoms with E-state index >= 15 is 0 Å². The Morgan fingerprint density at radius 3 is 3.00 bits per heavy atom. The molecule has 1 aliphatic heterocycles. The van der Waals surface area contributed by atoms with Crippen molar-refractivity contribution in [1.29, 1.82) is 0 Å². The molecule has 0 radical (unpaired) electrons. The normalized spacial score (nSPS) is 28.4. The Morgan fingerprint density at radius 1 is 1.69 bits per heavy atom. The molecule has 2 unspecified atom stereocenters. The van der Waals surface area contributed by atoms with E-state index in [2.05, 4.69) is 5.32 Å². The average molecular weight is 191 g/mol. The van der Waals surface area contributed by atoms with Crippen molar-refractivity contribution in [3.8, 4) is 0 Å². The van der Waals surface area contributed by atoms with Crippen LogP contribution in [0.2, 0.25) is 0 Å². The standard InChI is InChI=1S/C9H18FNO2/c1-9(10,7-12-2)5-8-6-13-4-3-11-8/h8,11H,3-7H2,1-2H3. The van der Waals surface area contributed by atoms with Crippen molar-refractivity contribution in [2.45, 2.75) is 25.1 Å². The van der Waals surface area contributed by atoms with Crippen LogP contribution in [0.25, 0.3) is 0 Å². The molecule has 0 aliphatic carbocycles. The largest absolute Gasteiger partial charge is 0.381 e. The maximum absolute atomic E-state index is 13.7. The van der Waals surface area contributed by atoms with Gasteiger partial charge in [0.25, 0.3) is 0 Å². The van der Waals surface area contributed by atoms with Crippen LogP contribution in [0, 0.1) is 0 Å². The van der Waals surface area contributed by atoms with Crippen LogP contribution in [0.4, 0.5) is 4.39 Å². The smallest absolute Gasteiger partial charge is 0.133 e. The van der Waals surface area contributed by atoms with Crippen molar-refractivity contribution in [1.82, 2.24) is 5.32 Å². The maximum atomic E-state index is 13.7. The predicted octanol–water partition coefficient (Wildman–Crippen LogP) is 0.740. The van der Waals surface area contributed by atoms with Gasteiger partial charge < -0.3 is 14.8 Å². The first-order valence-corrected chi connectivity index (χ1v) is 4.63. The summed E-state index contributed by atoms with van der Waals surface area (Å²) in [5, 5.41) is 3.21. The van der Waals surface area contributed by atoms with E-state index in [1.807, 2.05) is 0 Å². The molecule has 0 aromatic rings. The monoisotopic (exact) mass is 191 g/mol. The summed E-state index contributed by atoms with van der Waals surface area (Å²) in [6.45, 7) is 3.85. The minimum atomic E-state index is -1.26. The third kappa shape index (κ3) is 4.02. The number of methoxy groups -OCH3 is 1. The Hall–Kier alpha value is -0.190. The highest BCUT2D eigenvalue weighted by Gasteiger charge is 2.28. The lowest BCUT2D eigenvalue weighted by molar-refractivity contribution is 0.0122. The van der Waals surface area contributed by atoms with Crippen LogP contribution in [-0.4, -0.2) is 45.2 Å². The topological polar surface area (TPSA) is 30.5 Å². The van der Waals surface area contributed by atoms with E-state index in [1.54, 1.807) is 6.92 Å². The van der Waals surface area contributed by atoms with Gasteiger partial charge in [0.05, 0.1) is 19.8 Å². The highest BCUT2D eigenvalue weighted by molar-refractivity contribution is 4.82. The van der Waals surface area contributed by atoms with E-state index in [0.29, 0.717) is 13.0 Å². The fraction of sp³-hybridized carbons (Fsp3) is 1.00. The fourth-order valence-electron chi connectivity index (χ4n) is 1.62. The number of rotatable bonds is 4.